The molecule has 1 heterocycles. The smallest absolute Gasteiger partial charge is 0.337 e. The summed E-state index contributed by atoms with van der Waals surface area (Å²) in [6, 6.07) is 5.57. The number of carbonyl (C=O) groups excluding carboxylic acids is 1. The Kier molecular flexibility index (Phi) is 5.77. The van der Waals surface area contributed by atoms with Crippen LogP contribution < -0.4 is 0 Å². The lowest BCUT2D eigenvalue weighted by atomic mass is 10.1. The van der Waals surface area contributed by atoms with Crippen molar-refractivity contribution >= 4 is 16.9 Å². The van der Waals surface area contributed by atoms with Crippen molar-refractivity contribution in [3.63, 3.8) is 0 Å². The number of ether oxygens (including phenoxy) is 1. The fourth-order valence-electron chi connectivity index (χ4n) is 2.86. The van der Waals surface area contributed by atoms with Gasteiger partial charge in [-0.25, -0.2) is 4.79 Å². The summed E-state index contributed by atoms with van der Waals surface area (Å²) >= 11 is 0. The molecule has 0 aliphatic heterocycles. The van der Waals surface area contributed by atoms with Gasteiger partial charge in [-0.1, -0.05) is 27.7 Å². The summed E-state index contributed by atoms with van der Waals surface area (Å²) in [7, 11) is 1.39. The number of aromatic nitrogens is 2. The van der Waals surface area contributed by atoms with Crippen molar-refractivity contribution in [2.45, 2.75) is 34.4 Å². The summed E-state index contributed by atoms with van der Waals surface area (Å²) in [4.78, 5) is 14.1. The second-order valence-corrected chi connectivity index (χ2v) is 6.87. The topological polar surface area (TPSA) is 47.4 Å². The van der Waals surface area contributed by atoms with E-state index in [1.54, 1.807) is 6.07 Å². The summed E-state index contributed by atoms with van der Waals surface area (Å²) in [5.74, 6) is 0.906. The third-order valence-electron chi connectivity index (χ3n) is 3.64. The van der Waals surface area contributed by atoms with Crippen LogP contribution in [-0.4, -0.2) is 40.8 Å². The van der Waals surface area contributed by atoms with Crippen LogP contribution in [0.1, 0.15) is 38.1 Å². The highest BCUT2D eigenvalue weighted by Crippen LogP contribution is 2.17. The molecule has 0 N–H and O–H groups in total. The number of esters is 1. The minimum atomic E-state index is -0.319. The van der Waals surface area contributed by atoms with Gasteiger partial charge in [-0.15, -0.1) is 0 Å². The maximum atomic E-state index is 11.6. The number of benzene rings is 1. The van der Waals surface area contributed by atoms with E-state index in [0.717, 1.165) is 30.7 Å². The lowest BCUT2D eigenvalue weighted by Gasteiger charge is -2.26. The Hall–Kier alpha value is -1.88. The molecule has 0 unspecified atom stereocenters. The molecule has 5 nitrogen and oxygen atoms in total. The van der Waals surface area contributed by atoms with Gasteiger partial charge in [0.15, 0.2) is 0 Å². The molecule has 0 radical (unpaired) electrons. The maximum Gasteiger partial charge on any atom is 0.337 e. The third kappa shape index (κ3) is 4.55. The first-order valence-electron chi connectivity index (χ1n) is 8.17. The second-order valence-electron chi connectivity index (χ2n) is 6.87. The maximum absolute atomic E-state index is 11.6. The molecule has 0 aliphatic rings. The Morgan fingerprint density at radius 3 is 2.43 bits per heavy atom. The van der Waals surface area contributed by atoms with Gasteiger partial charge < -0.3 is 4.74 Å². The molecule has 0 bridgehead atoms. The zero-order valence-electron chi connectivity index (χ0n) is 14.7. The van der Waals surface area contributed by atoms with E-state index in [1.165, 1.54) is 7.11 Å². The molecule has 1 aromatic heterocycles. The van der Waals surface area contributed by atoms with E-state index in [-0.39, 0.29) is 5.97 Å². The van der Waals surface area contributed by atoms with Crippen molar-refractivity contribution in [3.8, 4) is 0 Å². The first kappa shape index (κ1) is 17.5. The van der Waals surface area contributed by atoms with Gasteiger partial charge in [0.1, 0.15) is 0 Å². The van der Waals surface area contributed by atoms with Crippen LogP contribution in [0.2, 0.25) is 0 Å². The number of carbonyl (C=O) groups is 1. The molecule has 126 valence electrons. The number of rotatable bonds is 7. The zero-order valence-corrected chi connectivity index (χ0v) is 14.7. The molecule has 0 saturated carbocycles. The Morgan fingerprint density at radius 1 is 1.22 bits per heavy atom. The van der Waals surface area contributed by atoms with Crippen LogP contribution >= 0.6 is 0 Å². The van der Waals surface area contributed by atoms with Gasteiger partial charge in [-0.05, 0) is 30.0 Å². The van der Waals surface area contributed by atoms with Crippen molar-refractivity contribution in [2.24, 2.45) is 11.8 Å². The van der Waals surface area contributed by atoms with Crippen LogP contribution in [0, 0.1) is 11.8 Å². The molecule has 0 spiro atoms. The minimum Gasteiger partial charge on any atom is -0.465 e. The molecular weight excluding hydrogens is 290 g/mol. The van der Waals surface area contributed by atoms with Crippen molar-refractivity contribution in [1.82, 2.24) is 14.7 Å². The summed E-state index contributed by atoms with van der Waals surface area (Å²) < 4.78 is 6.77. The number of fused-ring (bicyclic) bond motifs is 1. The zero-order chi connectivity index (χ0) is 17.0. The van der Waals surface area contributed by atoms with Gasteiger partial charge in [0.25, 0.3) is 0 Å². The molecule has 0 fully saturated rings. The third-order valence-corrected chi connectivity index (χ3v) is 3.64. The highest BCUT2D eigenvalue weighted by Gasteiger charge is 2.13. The Morgan fingerprint density at radius 2 is 1.87 bits per heavy atom. The van der Waals surface area contributed by atoms with Crippen molar-refractivity contribution < 1.29 is 9.53 Å². The number of hydrogen-bond acceptors (Lipinski definition) is 4. The van der Waals surface area contributed by atoms with Gasteiger partial charge >= 0.3 is 5.97 Å². The van der Waals surface area contributed by atoms with Gasteiger partial charge in [-0.2, -0.15) is 5.10 Å². The van der Waals surface area contributed by atoms with Crippen LogP contribution in [0.25, 0.3) is 10.9 Å². The van der Waals surface area contributed by atoms with Crippen LogP contribution in [0.3, 0.4) is 0 Å². The van der Waals surface area contributed by atoms with E-state index in [2.05, 4.69) is 37.7 Å². The van der Waals surface area contributed by atoms with Crippen molar-refractivity contribution in [1.29, 1.82) is 0 Å². The predicted octanol–water partition coefficient (Wildman–Crippen LogP) is 3.39. The quantitative estimate of drug-likeness (QED) is 0.734. The molecular formula is C18H27N3O2. The van der Waals surface area contributed by atoms with Crippen LogP contribution in [0.4, 0.5) is 0 Å². The monoisotopic (exact) mass is 317 g/mol. The molecule has 1 aromatic carbocycles. The average Bonchev–Trinajstić information content (AvgIpc) is 2.87. The Labute approximate surface area is 138 Å². The molecule has 0 saturated heterocycles. The normalized spacial score (nSPS) is 11.8. The first-order chi connectivity index (χ1) is 10.9. The largest absolute Gasteiger partial charge is 0.465 e. The highest BCUT2D eigenvalue weighted by molar-refractivity contribution is 5.94. The number of hydrogen-bond donors (Lipinski definition) is 0. The summed E-state index contributed by atoms with van der Waals surface area (Å²) in [6.07, 6.45) is 1.81. The fourth-order valence-corrected chi connectivity index (χ4v) is 2.86. The predicted molar refractivity (Wildman–Crippen MR) is 92.3 cm³/mol. The summed E-state index contributed by atoms with van der Waals surface area (Å²) in [6.45, 7) is 11.8. The Balaban J connectivity index is 2.23. The molecule has 2 rings (SSSR count). The SMILES string of the molecule is COC(=O)c1ccc2c(cnn2CN(CC(C)C)CC(C)C)c1. The lowest BCUT2D eigenvalue weighted by Crippen LogP contribution is -2.33. The van der Waals surface area contributed by atoms with E-state index in [4.69, 9.17) is 4.74 Å². The molecule has 0 aliphatic carbocycles. The van der Waals surface area contributed by atoms with Gasteiger partial charge in [0, 0.05) is 18.5 Å². The van der Waals surface area contributed by atoms with Gasteiger partial charge in [0.05, 0.1) is 31.1 Å². The average molecular weight is 317 g/mol. The van der Waals surface area contributed by atoms with E-state index < -0.39 is 0 Å². The fraction of sp³-hybridized carbons (Fsp3) is 0.556. The molecule has 0 amide bonds. The number of nitrogens with zero attached hydrogens (tertiary/aromatic N) is 3. The molecule has 5 heteroatoms. The minimum absolute atomic E-state index is 0.319. The standard InChI is InChI=1S/C18H27N3O2/c1-13(2)10-20(11-14(3)4)12-21-17-7-6-15(18(22)23-5)8-16(17)9-19-21/h6-9,13-14H,10-12H2,1-5H3. The van der Waals surface area contributed by atoms with Gasteiger partial charge in [0.2, 0.25) is 0 Å². The lowest BCUT2D eigenvalue weighted by molar-refractivity contribution is 0.0601. The van der Waals surface area contributed by atoms with E-state index in [9.17, 15) is 4.79 Å². The highest BCUT2D eigenvalue weighted by atomic mass is 16.5. The van der Waals surface area contributed by atoms with Crippen molar-refractivity contribution in [2.75, 3.05) is 20.2 Å². The van der Waals surface area contributed by atoms with E-state index in [1.807, 2.05) is 23.0 Å². The second kappa shape index (κ2) is 7.59. The van der Waals surface area contributed by atoms with Gasteiger partial charge in [-0.3, -0.25) is 9.58 Å². The van der Waals surface area contributed by atoms with Crippen LogP contribution in [0.5, 0.6) is 0 Å². The van der Waals surface area contributed by atoms with E-state index in [0.29, 0.717) is 17.4 Å². The molecule has 23 heavy (non-hydrogen) atoms. The number of methoxy groups -OCH3 is 1. The van der Waals surface area contributed by atoms with Crippen molar-refractivity contribution in [3.05, 3.63) is 30.0 Å². The summed E-state index contributed by atoms with van der Waals surface area (Å²) in [5, 5.41) is 5.46. The first-order valence-corrected chi connectivity index (χ1v) is 8.17. The van der Waals surface area contributed by atoms with E-state index >= 15 is 0 Å². The molecule has 0 atom stereocenters. The Bertz CT molecular complexity index is 651. The molecule has 2 aromatic rings. The summed E-state index contributed by atoms with van der Waals surface area (Å²) in [5.41, 5.74) is 1.59. The van der Waals surface area contributed by atoms with Crippen LogP contribution in [0.15, 0.2) is 24.4 Å². The van der Waals surface area contributed by atoms with Crippen LogP contribution in [-0.2, 0) is 11.4 Å².